The van der Waals surface area contributed by atoms with Crippen molar-refractivity contribution in [1.29, 1.82) is 0 Å². The summed E-state index contributed by atoms with van der Waals surface area (Å²) in [5.74, 6) is -0.639. The molecule has 0 bridgehead atoms. The topological polar surface area (TPSA) is 181 Å². The Morgan fingerprint density at radius 2 is 1.67 bits per heavy atom. The lowest BCUT2D eigenvalue weighted by molar-refractivity contribution is -0.277. The third-order valence-corrected chi connectivity index (χ3v) is 5.35. The fourth-order valence-corrected chi connectivity index (χ4v) is 3.59. The molecule has 0 unspecified atom stereocenters. The van der Waals surface area contributed by atoms with Crippen LogP contribution in [0.1, 0.15) is 0 Å². The summed E-state index contributed by atoms with van der Waals surface area (Å²) in [5, 5.41) is 70.2. The van der Waals surface area contributed by atoms with E-state index in [-0.39, 0.29) is 45.5 Å². The van der Waals surface area contributed by atoms with Gasteiger partial charge in [0.25, 0.3) is 0 Å². The summed E-state index contributed by atoms with van der Waals surface area (Å²) in [5.41, 5.74) is 0.386. The summed E-state index contributed by atoms with van der Waals surface area (Å²) >= 11 is 0. The highest BCUT2D eigenvalue weighted by Crippen LogP contribution is 2.42. The summed E-state index contributed by atoms with van der Waals surface area (Å²) in [7, 11) is 1.38. The largest absolute Gasteiger partial charge is 0.507 e. The maximum absolute atomic E-state index is 10.3. The fourth-order valence-electron chi connectivity index (χ4n) is 3.59. The van der Waals surface area contributed by atoms with E-state index in [9.17, 15) is 35.7 Å². The molecule has 2 heterocycles. The molecule has 176 valence electrons. The minimum absolute atomic E-state index is 0.0161. The van der Waals surface area contributed by atoms with Gasteiger partial charge in [0.15, 0.2) is 11.5 Å². The Morgan fingerprint density at radius 3 is 2.33 bits per heavy atom. The van der Waals surface area contributed by atoms with Crippen LogP contribution >= 0.6 is 0 Å². The maximum atomic E-state index is 10.3. The normalized spacial score (nSPS) is 25.2. The smallest absolute Gasteiger partial charge is 0.402 e. The molecule has 1 aliphatic heterocycles. The lowest BCUT2D eigenvalue weighted by Crippen LogP contribution is -2.60. The molecule has 1 fully saturated rings. The molecule has 0 saturated carbocycles. The Morgan fingerprint density at radius 1 is 0.909 bits per heavy atom. The van der Waals surface area contributed by atoms with Gasteiger partial charge in [-0.05, 0) is 12.1 Å². The first-order valence-electron chi connectivity index (χ1n) is 9.91. The molecular formula is C22H23O11+. The van der Waals surface area contributed by atoms with Crippen molar-refractivity contribution in [3.8, 4) is 40.1 Å². The van der Waals surface area contributed by atoms with Gasteiger partial charge < -0.3 is 50.0 Å². The van der Waals surface area contributed by atoms with Gasteiger partial charge in [0.05, 0.1) is 25.3 Å². The number of benzene rings is 2. The molecule has 11 nitrogen and oxygen atoms in total. The molecule has 0 amide bonds. The van der Waals surface area contributed by atoms with Crippen LogP contribution in [0.25, 0.3) is 22.3 Å². The van der Waals surface area contributed by atoms with Crippen LogP contribution in [-0.4, -0.2) is 80.2 Å². The van der Waals surface area contributed by atoms with E-state index in [0.29, 0.717) is 5.56 Å². The number of hydrogen-bond donors (Lipinski definition) is 7. The summed E-state index contributed by atoms with van der Waals surface area (Å²) in [6.45, 7) is -0.647. The highest BCUT2D eigenvalue weighted by Gasteiger charge is 2.45. The Bertz CT molecular complexity index is 1160. The Kier molecular flexibility index (Phi) is 6.15. The molecule has 33 heavy (non-hydrogen) atoms. The molecule has 3 aromatic rings. The van der Waals surface area contributed by atoms with Crippen LogP contribution in [0.2, 0.25) is 0 Å². The van der Waals surface area contributed by atoms with Gasteiger partial charge in [-0.25, -0.2) is 4.42 Å². The molecule has 2 aromatic carbocycles. The Balaban J connectivity index is 1.83. The monoisotopic (exact) mass is 463 g/mol. The first-order chi connectivity index (χ1) is 15.7. The van der Waals surface area contributed by atoms with Crippen LogP contribution in [-0.2, 0) is 4.74 Å². The second kappa shape index (κ2) is 8.89. The third-order valence-electron chi connectivity index (χ3n) is 5.35. The molecule has 1 saturated heterocycles. The van der Waals surface area contributed by atoms with Gasteiger partial charge in [0.2, 0.25) is 12.0 Å². The van der Waals surface area contributed by atoms with Crippen LogP contribution in [0, 0.1) is 0 Å². The van der Waals surface area contributed by atoms with Crippen molar-refractivity contribution in [2.45, 2.75) is 30.7 Å². The second-order valence-electron chi connectivity index (χ2n) is 7.52. The molecule has 1 aromatic heterocycles. The van der Waals surface area contributed by atoms with Gasteiger partial charge in [-0.3, -0.25) is 0 Å². The predicted molar refractivity (Wildman–Crippen MR) is 112 cm³/mol. The number of phenols is 3. The minimum atomic E-state index is -1.69. The molecule has 11 heteroatoms. The van der Waals surface area contributed by atoms with E-state index in [0.717, 1.165) is 6.07 Å². The molecule has 1 aliphatic rings. The average molecular weight is 463 g/mol. The summed E-state index contributed by atoms with van der Waals surface area (Å²) in [6.07, 6.45) is -7.67. The van der Waals surface area contributed by atoms with Gasteiger partial charge >= 0.3 is 11.3 Å². The molecule has 0 aliphatic carbocycles. The van der Waals surface area contributed by atoms with Crippen molar-refractivity contribution in [1.82, 2.24) is 0 Å². The average Bonchev–Trinajstić information content (AvgIpc) is 2.79. The zero-order valence-electron chi connectivity index (χ0n) is 17.3. The fraction of sp³-hybridized carbons (Fsp3) is 0.318. The van der Waals surface area contributed by atoms with Gasteiger partial charge in [0, 0.05) is 18.2 Å². The van der Waals surface area contributed by atoms with Gasteiger partial charge in [-0.2, -0.15) is 0 Å². The lowest BCUT2D eigenvalue weighted by Gasteiger charge is -2.39. The van der Waals surface area contributed by atoms with E-state index in [1.165, 1.54) is 31.4 Å². The van der Waals surface area contributed by atoms with Crippen molar-refractivity contribution in [3.05, 3.63) is 36.4 Å². The number of methoxy groups -OCH3 is 1. The zero-order chi connectivity index (χ0) is 23.9. The van der Waals surface area contributed by atoms with Gasteiger partial charge in [-0.1, -0.05) is 0 Å². The van der Waals surface area contributed by atoms with Crippen molar-refractivity contribution in [3.63, 3.8) is 0 Å². The molecule has 0 spiro atoms. The van der Waals surface area contributed by atoms with Crippen molar-refractivity contribution in [2.75, 3.05) is 13.7 Å². The number of ether oxygens (including phenoxy) is 3. The van der Waals surface area contributed by atoms with Gasteiger partial charge in [-0.15, -0.1) is 0 Å². The van der Waals surface area contributed by atoms with Crippen LogP contribution in [0.3, 0.4) is 0 Å². The number of aliphatic hydroxyl groups is 4. The van der Waals surface area contributed by atoms with Gasteiger partial charge in [0.1, 0.15) is 41.3 Å². The van der Waals surface area contributed by atoms with Crippen LogP contribution in [0.15, 0.2) is 40.8 Å². The molecule has 4 rings (SSSR count). The summed E-state index contributed by atoms with van der Waals surface area (Å²) in [6, 6.07) is 8.06. The quantitative estimate of drug-likeness (QED) is 0.264. The summed E-state index contributed by atoms with van der Waals surface area (Å²) in [4.78, 5) is 0. The van der Waals surface area contributed by atoms with Crippen molar-refractivity contribution < 1.29 is 54.4 Å². The third kappa shape index (κ3) is 4.19. The number of hydrogen-bond acceptors (Lipinski definition) is 10. The summed E-state index contributed by atoms with van der Waals surface area (Å²) < 4.78 is 22.1. The van der Waals surface area contributed by atoms with Crippen LogP contribution < -0.4 is 9.47 Å². The molecule has 5 atom stereocenters. The van der Waals surface area contributed by atoms with E-state index in [2.05, 4.69) is 0 Å². The standard InChI is InChI=1S/C22H22O11/c1-30-14-3-2-9(4-13(14)26)21-16(7-11-12(25)5-10(24)6-15(11)31-21)32-22-20(29)19(28)18(27)17(8-23)33-22/h2-7,17-20,22-23,27-29H,8H2,1H3,(H2-,24,25,26)/p+1/t17-,18+,19+,20-,22-/m1/s1. The van der Waals surface area contributed by atoms with E-state index in [4.69, 9.17) is 18.6 Å². The minimum Gasteiger partial charge on any atom is -0.507 e. The SMILES string of the molecule is COc1ccc(-c2[o+]c3cc(O)cc(O)c3cc2O[C@@H]2O[C@H](CO)[C@H](O)[C@H](O)[C@H]2O)cc1O. The number of fused-ring (bicyclic) bond motifs is 1. The van der Waals surface area contributed by atoms with E-state index < -0.39 is 37.3 Å². The Hall–Kier alpha value is -3.35. The van der Waals surface area contributed by atoms with Crippen LogP contribution in [0.4, 0.5) is 0 Å². The second-order valence-corrected chi connectivity index (χ2v) is 7.52. The number of rotatable bonds is 5. The number of aliphatic hydroxyl groups excluding tert-OH is 4. The van der Waals surface area contributed by atoms with E-state index in [1.807, 2.05) is 0 Å². The molecular weight excluding hydrogens is 440 g/mol. The van der Waals surface area contributed by atoms with E-state index >= 15 is 0 Å². The highest BCUT2D eigenvalue weighted by molar-refractivity contribution is 5.88. The number of aromatic hydroxyl groups is 3. The maximum Gasteiger partial charge on any atom is 0.402 e. The molecule has 7 N–H and O–H groups in total. The zero-order valence-corrected chi connectivity index (χ0v) is 17.3. The number of phenolic OH excluding ortho intramolecular Hbond substituents is 3. The van der Waals surface area contributed by atoms with Crippen molar-refractivity contribution in [2.24, 2.45) is 0 Å². The first-order valence-corrected chi connectivity index (χ1v) is 9.91. The Labute approximate surface area is 186 Å². The van der Waals surface area contributed by atoms with Crippen molar-refractivity contribution >= 4 is 11.0 Å². The van der Waals surface area contributed by atoms with E-state index in [1.54, 1.807) is 6.07 Å². The predicted octanol–water partition coefficient (Wildman–Crippen LogP) is 0.685. The van der Waals surface area contributed by atoms with Crippen LogP contribution in [0.5, 0.6) is 28.7 Å². The first kappa shape index (κ1) is 22.8. The lowest BCUT2D eigenvalue weighted by atomic mass is 9.99. The molecule has 0 radical (unpaired) electrons. The highest BCUT2D eigenvalue weighted by atomic mass is 16.7.